The van der Waals surface area contributed by atoms with Crippen LogP contribution in [0.25, 0.3) is 0 Å². The molecule has 0 saturated heterocycles. The van der Waals surface area contributed by atoms with Crippen LogP contribution in [-0.2, 0) is 0 Å². The van der Waals surface area contributed by atoms with Gasteiger partial charge in [0.15, 0.2) is 0 Å². The third-order valence-corrected chi connectivity index (χ3v) is 4.43. The van der Waals surface area contributed by atoms with Crippen molar-refractivity contribution in [2.45, 2.75) is 31.2 Å². The van der Waals surface area contributed by atoms with E-state index in [9.17, 15) is 9.59 Å². The average Bonchev–Trinajstić information content (AvgIpc) is 2.95. The van der Waals surface area contributed by atoms with E-state index in [0.717, 1.165) is 12.8 Å². The van der Waals surface area contributed by atoms with Crippen LogP contribution < -0.4 is 5.32 Å². The molecule has 2 N–H and O–H groups in total. The molecule has 1 fully saturated rings. The highest BCUT2D eigenvalue weighted by atomic mass is 16.4. The number of nitrogens with zero attached hydrogens (tertiary/aromatic N) is 1. The fourth-order valence-electron chi connectivity index (χ4n) is 2.96. The van der Waals surface area contributed by atoms with E-state index in [4.69, 9.17) is 5.11 Å². The Balaban J connectivity index is 2.04. The minimum absolute atomic E-state index is 0.0278. The Labute approximate surface area is 125 Å². The molecule has 1 aromatic carbocycles. The van der Waals surface area contributed by atoms with E-state index in [1.807, 2.05) is 14.1 Å². The zero-order valence-electron chi connectivity index (χ0n) is 12.6. The van der Waals surface area contributed by atoms with Gasteiger partial charge in [0, 0.05) is 17.6 Å². The number of hydrogen-bond donors (Lipinski definition) is 2. The van der Waals surface area contributed by atoms with Crippen LogP contribution in [0, 0.1) is 0 Å². The predicted octanol–water partition coefficient (Wildman–Crippen LogP) is 1.99. The number of aromatic carboxylic acids is 1. The molecule has 1 amide bonds. The van der Waals surface area contributed by atoms with Gasteiger partial charge in [0.2, 0.25) is 0 Å². The molecule has 2 rings (SSSR count). The quantitative estimate of drug-likeness (QED) is 0.870. The number of rotatable bonds is 5. The maximum absolute atomic E-state index is 12.2. The van der Waals surface area contributed by atoms with Crippen molar-refractivity contribution in [3.63, 3.8) is 0 Å². The Morgan fingerprint density at radius 1 is 1.24 bits per heavy atom. The van der Waals surface area contributed by atoms with Crippen molar-refractivity contribution in [2.75, 3.05) is 20.6 Å². The van der Waals surface area contributed by atoms with Gasteiger partial charge in [-0.2, -0.15) is 0 Å². The lowest BCUT2D eigenvalue weighted by molar-refractivity contribution is 0.0697. The lowest BCUT2D eigenvalue weighted by atomic mass is 9.96. The highest BCUT2D eigenvalue weighted by molar-refractivity contribution is 5.97. The van der Waals surface area contributed by atoms with Gasteiger partial charge in [-0.25, -0.2) is 4.79 Å². The molecule has 5 nitrogen and oxygen atoms in total. The fourth-order valence-corrected chi connectivity index (χ4v) is 2.96. The Kier molecular flexibility index (Phi) is 4.63. The van der Waals surface area contributed by atoms with Gasteiger partial charge >= 0.3 is 5.97 Å². The molecule has 114 valence electrons. The summed E-state index contributed by atoms with van der Waals surface area (Å²) in [6.45, 7) is 0.593. The first kappa shape index (κ1) is 15.5. The van der Waals surface area contributed by atoms with Crippen molar-refractivity contribution in [1.29, 1.82) is 0 Å². The van der Waals surface area contributed by atoms with Gasteiger partial charge in [0.05, 0.1) is 5.56 Å². The number of carbonyl (C=O) groups is 2. The maximum Gasteiger partial charge on any atom is 0.335 e. The SMILES string of the molecule is CN(C)C1(CNC(=O)c2cccc(C(=O)O)c2)CCCC1. The number of nitrogens with one attached hydrogen (secondary N) is 1. The Morgan fingerprint density at radius 2 is 1.86 bits per heavy atom. The monoisotopic (exact) mass is 290 g/mol. The van der Waals surface area contributed by atoms with Gasteiger partial charge in [-0.3, -0.25) is 4.79 Å². The van der Waals surface area contributed by atoms with E-state index in [2.05, 4.69) is 10.2 Å². The van der Waals surface area contributed by atoms with Gasteiger partial charge in [-0.05, 0) is 45.1 Å². The summed E-state index contributed by atoms with van der Waals surface area (Å²) in [5.41, 5.74) is 0.549. The van der Waals surface area contributed by atoms with Crippen LogP contribution in [0.5, 0.6) is 0 Å². The van der Waals surface area contributed by atoms with Crippen molar-refractivity contribution in [2.24, 2.45) is 0 Å². The second-order valence-corrected chi connectivity index (χ2v) is 5.89. The van der Waals surface area contributed by atoms with E-state index in [1.54, 1.807) is 12.1 Å². The van der Waals surface area contributed by atoms with Crippen molar-refractivity contribution in [1.82, 2.24) is 10.2 Å². The van der Waals surface area contributed by atoms with E-state index >= 15 is 0 Å². The molecule has 0 spiro atoms. The molecule has 5 heteroatoms. The first-order valence-electron chi connectivity index (χ1n) is 7.24. The predicted molar refractivity (Wildman–Crippen MR) is 80.6 cm³/mol. The van der Waals surface area contributed by atoms with Crippen molar-refractivity contribution in [3.05, 3.63) is 35.4 Å². The summed E-state index contributed by atoms with van der Waals surface area (Å²) in [5, 5.41) is 11.9. The summed E-state index contributed by atoms with van der Waals surface area (Å²) < 4.78 is 0. The van der Waals surface area contributed by atoms with Gasteiger partial charge in [0.25, 0.3) is 5.91 Å². The van der Waals surface area contributed by atoms with Crippen LogP contribution in [0.2, 0.25) is 0 Å². The second-order valence-electron chi connectivity index (χ2n) is 5.89. The summed E-state index contributed by atoms with van der Waals surface area (Å²) in [5.74, 6) is -1.24. The highest BCUT2D eigenvalue weighted by Crippen LogP contribution is 2.33. The Bertz CT molecular complexity index is 534. The van der Waals surface area contributed by atoms with E-state index in [1.165, 1.54) is 25.0 Å². The molecule has 0 unspecified atom stereocenters. The molecular formula is C16H22N2O3. The zero-order chi connectivity index (χ0) is 15.5. The van der Waals surface area contributed by atoms with Crippen LogP contribution in [0.15, 0.2) is 24.3 Å². The van der Waals surface area contributed by atoms with E-state index in [0.29, 0.717) is 12.1 Å². The molecule has 0 radical (unpaired) electrons. The number of carboxylic acids is 1. The zero-order valence-corrected chi connectivity index (χ0v) is 12.6. The van der Waals surface area contributed by atoms with Crippen LogP contribution >= 0.6 is 0 Å². The number of amides is 1. The number of benzene rings is 1. The van der Waals surface area contributed by atoms with Crippen LogP contribution in [0.3, 0.4) is 0 Å². The van der Waals surface area contributed by atoms with Crippen LogP contribution in [-0.4, -0.2) is 48.1 Å². The standard InChI is InChI=1S/C16H22N2O3/c1-18(2)16(8-3-4-9-16)11-17-14(19)12-6-5-7-13(10-12)15(20)21/h5-7,10H,3-4,8-9,11H2,1-2H3,(H,17,19)(H,20,21). The molecule has 1 aliphatic rings. The van der Waals surface area contributed by atoms with E-state index < -0.39 is 5.97 Å². The molecule has 0 aromatic heterocycles. The largest absolute Gasteiger partial charge is 0.478 e. The van der Waals surface area contributed by atoms with Gasteiger partial charge < -0.3 is 15.3 Å². The average molecular weight is 290 g/mol. The van der Waals surface area contributed by atoms with Crippen molar-refractivity contribution in [3.8, 4) is 0 Å². The Morgan fingerprint density at radius 3 is 2.43 bits per heavy atom. The molecule has 0 aliphatic heterocycles. The molecule has 0 bridgehead atoms. The summed E-state index contributed by atoms with van der Waals surface area (Å²) in [7, 11) is 4.09. The van der Waals surface area contributed by atoms with Gasteiger partial charge in [-0.1, -0.05) is 18.9 Å². The topological polar surface area (TPSA) is 69.6 Å². The maximum atomic E-state index is 12.2. The number of carboxylic acid groups (broad SMARTS) is 1. The minimum Gasteiger partial charge on any atom is -0.478 e. The summed E-state index contributed by atoms with van der Waals surface area (Å²) in [4.78, 5) is 25.4. The smallest absolute Gasteiger partial charge is 0.335 e. The van der Waals surface area contributed by atoms with Crippen LogP contribution in [0.4, 0.5) is 0 Å². The third-order valence-electron chi connectivity index (χ3n) is 4.43. The summed E-state index contributed by atoms with van der Waals surface area (Å²) in [6.07, 6.45) is 4.52. The second kappa shape index (κ2) is 6.26. The molecule has 0 atom stereocenters. The summed E-state index contributed by atoms with van der Waals surface area (Å²) in [6, 6.07) is 6.13. The number of hydrogen-bond acceptors (Lipinski definition) is 3. The summed E-state index contributed by atoms with van der Waals surface area (Å²) >= 11 is 0. The Hall–Kier alpha value is -1.88. The molecular weight excluding hydrogens is 268 g/mol. The highest BCUT2D eigenvalue weighted by Gasteiger charge is 2.36. The molecule has 1 saturated carbocycles. The van der Waals surface area contributed by atoms with Crippen molar-refractivity contribution >= 4 is 11.9 Å². The molecule has 21 heavy (non-hydrogen) atoms. The number of likely N-dealkylation sites (N-methyl/N-ethyl adjacent to an activating group) is 1. The molecule has 1 aliphatic carbocycles. The molecule has 1 aromatic rings. The third kappa shape index (κ3) is 3.42. The van der Waals surface area contributed by atoms with Gasteiger partial charge in [0.1, 0.15) is 0 Å². The minimum atomic E-state index is -1.02. The lowest BCUT2D eigenvalue weighted by Gasteiger charge is -2.36. The number of carbonyl (C=O) groups excluding carboxylic acids is 1. The fraction of sp³-hybridized carbons (Fsp3) is 0.500. The van der Waals surface area contributed by atoms with Gasteiger partial charge in [-0.15, -0.1) is 0 Å². The normalized spacial score (nSPS) is 16.9. The van der Waals surface area contributed by atoms with E-state index in [-0.39, 0.29) is 17.0 Å². The first-order chi connectivity index (χ1) is 9.94. The molecule has 0 heterocycles. The lowest BCUT2D eigenvalue weighted by Crippen LogP contribution is -2.50. The van der Waals surface area contributed by atoms with Crippen molar-refractivity contribution < 1.29 is 14.7 Å². The van der Waals surface area contributed by atoms with Crippen LogP contribution in [0.1, 0.15) is 46.4 Å². The first-order valence-corrected chi connectivity index (χ1v) is 7.24.